The summed E-state index contributed by atoms with van der Waals surface area (Å²) in [5.74, 6) is -0.496. The summed E-state index contributed by atoms with van der Waals surface area (Å²) >= 11 is 11.7. The molecule has 1 N–H and O–H groups in total. The van der Waals surface area contributed by atoms with Crippen molar-refractivity contribution in [1.29, 1.82) is 0 Å². The van der Waals surface area contributed by atoms with Crippen molar-refractivity contribution in [1.82, 2.24) is 4.90 Å². The molecule has 0 saturated carbocycles. The highest BCUT2D eigenvalue weighted by atomic mass is 35.5. The van der Waals surface area contributed by atoms with Crippen molar-refractivity contribution in [2.24, 2.45) is 0 Å². The molecule has 1 aliphatic heterocycles. The standard InChI is InChI=1S/C19H18Cl2F3N3O/c20-13-2-1-3-15(10-13)27-8-6-26(7-9-27)12-18(28)25-17-5-4-14(21)11-16(17)19(22,23)24/h1-5,10-11H,6-9,12H2,(H,25,28). The molecular weight excluding hydrogens is 414 g/mol. The van der Waals surface area contributed by atoms with Gasteiger partial charge in [0, 0.05) is 41.9 Å². The van der Waals surface area contributed by atoms with Gasteiger partial charge in [0.05, 0.1) is 17.8 Å². The topological polar surface area (TPSA) is 35.6 Å². The highest BCUT2D eigenvalue weighted by Gasteiger charge is 2.34. The summed E-state index contributed by atoms with van der Waals surface area (Å²) in [5, 5.41) is 2.97. The van der Waals surface area contributed by atoms with E-state index in [2.05, 4.69) is 10.2 Å². The van der Waals surface area contributed by atoms with E-state index in [1.54, 1.807) is 6.07 Å². The van der Waals surface area contributed by atoms with Gasteiger partial charge in [0.1, 0.15) is 0 Å². The van der Waals surface area contributed by atoms with E-state index >= 15 is 0 Å². The van der Waals surface area contributed by atoms with E-state index in [1.807, 2.05) is 23.1 Å². The van der Waals surface area contributed by atoms with E-state index in [-0.39, 0.29) is 17.3 Å². The zero-order valence-electron chi connectivity index (χ0n) is 14.8. The molecule has 0 aromatic heterocycles. The molecule has 0 unspecified atom stereocenters. The first-order chi connectivity index (χ1) is 13.2. The maximum atomic E-state index is 13.1. The van der Waals surface area contributed by atoms with Crippen LogP contribution < -0.4 is 10.2 Å². The number of nitrogens with one attached hydrogen (secondary N) is 1. The summed E-state index contributed by atoms with van der Waals surface area (Å²) < 4.78 is 39.4. The number of amides is 1. The summed E-state index contributed by atoms with van der Waals surface area (Å²) in [6, 6.07) is 10.8. The van der Waals surface area contributed by atoms with Crippen molar-refractivity contribution < 1.29 is 18.0 Å². The van der Waals surface area contributed by atoms with Gasteiger partial charge in [0.15, 0.2) is 0 Å². The van der Waals surface area contributed by atoms with E-state index < -0.39 is 17.6 Å². The molecule has 0 bridgehead atoms. The third-order valence-electron chi connectivity index (χ3n) is 4.47. The van der Waals surface area contributed by atoms with E-state index in [1.165, 1.54) is 12.1 Å². The Morgan fingerprint density at radius 3 is 2.32 bits per heavy atom. The minimum absolute atomic E-state index is 0.0172. The number of piperazine rings is 1. The number of alkyl halides is 3. The predicted octanol–water partition coefficient (Wildman–Crippen LogP) is 4.77. The minimum atomic E-state index is -4.60. The number of hydrogen-bond acceptors (Lipinski definition) is 3. The van der Waals surface area contributed by atoms with Gasteiger partial charge in [-0.2, -0.15) is 13.2 Å². The Morgan fingerprint density at radius 1 is 1.00 bits per heavy atom. The number of nitrogens with zero attached hydrogens (tertiary/aromatic N) is 2. The number of anilines is 2. The molecule has 0 atom stereocenters. The number of carbonyl (C=O) groups is 1. The summed E-state index contributed by atoms with van der Waals surface area (Å²) in [6.45, 7) is 2.65. The van der Waals surface area contributed by atoms with Crippen LogP contribution in [0.25, 0.3) is 0 Å². The van der Waals surface area contributed by atoms with Crippen LogP contribution in [0.1, 0.15) is 5.56 Å². The van der Waals surface area contributed by atoms with Crippen molar-refractivity contribution in [3.05, 3.63) is 58.1 Å². The highest BCUT2D eigenvalue weighted by molar-refractivity contribution is 6.31. The van der Waals surface area contributed by atoms with Crippen molar-refractivity contribution in [2.45, 2.75) is 6.18 Å². The number of halogens is 5. The molecule has 1 saturated heterocycles. The molecule has 2 aromatic carbocycles. The van der Waals surface area contributed by atoms with Gasteiger partial charge in [-0.15, -0.1) is 0 Å². The fourth-order valence-electron chi connectivity index (χ4n) is 3.09. The normalized spacial score (nSPS) is 15.5. The lowest BCUT2D eigenvalue weighted by Crippen LogP contribution is -2.48. The number of rotatable bonds is 4. The SMILES string of the molecule is O=C(CN1CCN(c2cccc(Cl)c2)CC1)Nc1ccc(Cl)cc1C(F)(F)F. The average molecular weight is 432 g/mol. The zero-order chi connectivity index (χ0) is 20.3. The molecule has 4 nitrogen and oxygen atoms in total. The second kappa shape index (κ2) is 8.59. The molecule has 9 heteroatoms. The van der Waals surface area contributed by atoms with Crippen LogP contribution in [-0.2, 0) is 11.0 Å². The van der Waals surface area contributed by atoms with Gasteiger partial charge < -0.3 is 10.2 Å². The lowest BCUT2D eigenvalue weighted by molar-refractivity contribution is -0.137. The Labute approximate surface area is 170 Å². The number of benzene rings is 2. The molecule has 1 aliphatic rings. The maximum absolute atomic E-state index is 13.1. The first-order valence-corrected chi connectivity index (χ1v) is 9.37. The molecule has 3 rings (SSSR count). The largest absolute Gasteiger partial charge is 0.418 e. The van der Waals surface area contributed by atoms with E-state index in [9.17, 15) is 18.0 Å². The van der Waals surface area contributed by atoms with Gasteiger partial charge >= 0.3 is 6.18 Å². The van der Waals surface area contributed by atoms with Gasteiger partial charge in [-0.1, -0.05) is 29.3 Å². The van der Waals surface area contributed by atoms with Gasteiger partial charge in [-0.25, -0.2) is 0 Å². The number of carbonyl (C=O) groups excluding carboxylic acids is 1. The average Bonchev–Trinajstić information content (AvgIpc) is 2.63. The van der Waals surface area contributed by atoms with Crippen molar-refractivity contribution in [3.8, 4) is 0 Å². The summed E-state index contributed by atoms with van der Waals surface area (Å²) in [7, 11) is 0. The Kier molecular flexibility index (Phi) is 6.37. The van der Waals surface area contributed by atoms with Gasteiger partial charge in [-0.3, -0.25) is 9.69 Å². The van der Waals surface area contributed by atoms with Gasteiger partial charge in [0.25, 0.3) is 0 Å². The summed E-state index contributed by atoms with van der Waals surface area (Å²) in [4.78, 5) is 16.3. The van der Waals surface area contributed by atoms with E-state index in [4.69, 9.17) is 23.2 Å². The molecule has 0 radical (unpaired) electrons. The highest BCUT2D eigenvalue weighted by Crippen LogP contribution is 2.36. The molecule has 150 valence electrons. The second-order valence-electron chi connectivity index (χ2n) is 6.48. The Morgan fingerprint density at radius 2 is 1.68 bits per heavy atom. The van der Waals surface area contributed by atoms with Crippen molar-refractivity contribution >= 4 is 40.5 Å². The molecule has 1 amide bonds. The van der Waals surface area contributed by atoms with Crippen LogP contribution in [0.2, 0.25) is 10.0 Å². The molecular formula is C19H18Cl2F3N3O. The first kappa shape index (κ1) is 20.8. The van der Waals surface area contributed by atoms with Gasteiger partial charge in [-0.05, 0) is 36.4 Å². The van der Waals surface area contributed by atoms with Crippen LogP contribution in [0.5, 0.6) is 0 Å². The van der Waals surface area contributed by atoms with Gasteiger partial charge in [0.2, 0.25) is 5.91 Å². The number of hydrogen-bond donors (Lipinski definition) is 1. The summed E-state index contributed by atoms with van der Waals surface area (Å²) in [6.07, 6.45) is -4.60. The monoisotopic (exact) mass is 431 g/mol. The van der Waals surface area contributed by atoms with E-state index in [0.717, 1.165) is 11.8 Å². The molecule has 1 fully saturated rings. The fraction of sp³-hybridized carbons (Fsp3) is 0.316. The van der Waals surface area contributed by atoms with Crippen LogP contribution in [0.15, 0.2) is 42.5 Å². The Balaban J connectivity index is 1.57. The smallest absolute Gasteiger partial charge is 0.369 e. The molecule has 0 aliphatic carbocycles. The van der Waals surface area contributed by atoms with Crippen molar-refractivity contribution in [2.75, 3.05) is 42.9 Å². The minimum Gasteiger partial charge on any atom is -0.369 e. The molecule has 2 aromatic rings. The zero-order valence-corrected chi connectivity index (χ0v) is 16.3. The molecule has 0 spiro atoms. The van der Waals surface area contributed by atoms with Crippen LogP contribution in [-0.4, -0.2) is 43.5 Å². The Hall–Kier alpha value is -1.96. The second-order valence-corrected chi connectivity index (χ2v) is 7.35. The van der Waals surface area contributed by atoms with Crippen molar-refractivity contribution in [3.63, 3.8) is 0 Å². The van der Waals surface area contributed by atoms with E-state index in [0.29, 0.717) is 31.2 Å². The van der Waals surface area contributed by atoms with Crippen LogP contribution in [0.3, 0.4) is 0 Å². The third kappa shape index (κ3) is 5.31. The molecule has 28 heavy (non-hydrogen) atoms. The van der Waals surface area contributed by atoms with Crippen LogP contribution in [0.4, 0.5) is 24.5 Å². The lowest BCUT2D eigenvalue weighted by atomic mass is 10.1. The Bertz CT molecular complexity index is 853. The lowest BCUT2D eigenvalue weighted by Gasteiger charge is -2.35. The predicted molar refractivity (Wildman–Crippen MR) is 105 cm³/mol. The first-order valence-electron chi connectivity index (χ1n) is 8.62. The van der Waals surface area contributed by atoms with Crippen LogP contribution >= 0.6 is 23.2 Å². The quantitative estimate of drug-likeness (QED) is 0.756. The third-order valence-corrected chi connectivity index (χ3v) is 4.94. The molecule has 1 heterocycles. The summed E-state index contributed by atoms with van der Waals surface area (Å²) in [5.41, 5.74) is -0.244. The van der Waals surface area contributed by atoms with Crippen LogP contribution in [0, 0.1) is 0 Å². The maximum Gasteiger partial charge on any atom is 0.418 e. The fourth-order valence-corrected chi connectivity index (χ4v) is 3.45.